The summed E-state index contributed by atoms with van der Waals surface area (Å²) < 4.78 is 0. The Kier molecular flexibility index (Phi) is 5.41. The van der Waals surface area contributed by atoms with Crippen LogP contribution in [0.3, 0.4) is 0 Å². The van der Waals surface area contributed by atoms with Crippen molar-refractivity contribution in [1.29, 1.82) is 0 Å². The molecule has 1 aromatic rings. The van der Waals surface area contributed by atoms with Crippen LogP contribution < -0.4 is 5.32 Å². The largest absolute Gasteiger partial charge is 0.316 e. The predicted molar refractivity (Wildman–Crippen MR) is 74.5 cm³/mol. The molecule has 0 amide bonds. The van der Waals surface area contributed by atoms with Crippen molar-refractivity contribution in [1.82, 2.24) is 10.3 Å². The maximum atomic E-state index is 6.09. The van der Waals surface area contributed by atoms with E-state index in [0.717, 1.165) is 17.9 Å². The van der Waals surface area contributed by atoms with E-state index in [2.05, 4.69) is 31.1 Å². The zero-order chi connectivity index (χ0) is 12.9. The second-order valence-electron chi connectivity index (χ2n) is 5.57. The van der Waals surface area contributed by atoms with Crippen molar-refractivity contribution < 1.29 is 0 Å². The molecule has 1 N–H and O–H groups in total. The molecule has 17 heavy (non-hydrogen) atoms. The molecular formula is C14H23ClN2. The van der Waals surface area contributed by atoms with Gasteiger partial charge in [0.2, 0.25) is 0 Å². The average Bonchev–Trinajstić information content (AvgIpc) is 2.25. The molecule has 96 valence electrons. The first-order valence-corrected chi connectivity index (χ1v) is 6.58. The summed E-state index contributed by atoms with van der Waals surface area (Å²) in [6.45, 7) is 6.81. The fraction of sp³-hybridized carbons (Fsp3) is 0.643. The Balaban J connectivity index is 2.45. The van der Waals surface area contributed by atoms with Gasteiger partial charge in [-0.05, 0) is 43.4 Å². The highest BCUT2D eigenvalue weighted by atomic mass is 35.5. The zero-order valence-corrected chi connectivity index (χ0v) is 12.0. The summed E-state index contributed by atoms with van der Waals surface area (Å²) >= 11 is 6.09. The third kappa shape index (κ3) is 4.64. The Morgan fingerprint density at radius 2 is 2.12 bits per heavy atom. The lowest BCUT2D eigenvalue weighted by Crippen LogP contribution is -2.37. The number of nitrogens with one attached hydrogen (secondary N) is 1. The highest BCUT2D eigenvalue weighted by molar-refractivity contribution is 6.31. The molecular weight excluding hydrogens is 232 g/mol. The van der Waals surface area contributed by atoms with E-state index < -0.39 is 0 Å². The van der Waals surface area contributed by atoms with Crippen molar-refractivity contribution in [2.24, 2.45) is 5.41 Å². The van der Waals surface area contributed by atoms with Gasteiger partial charge in [-0.25, -0.2) is 0 Å². The number of hydrogen-bond donors (Lipinski definition) is 1. The Morgan fingerprint density at radius 3 is 2.65 bits per heavy atom. The Morgan fingerprint density at radius 1 is 1.41 bits per heavy atom. The van der Waals surface area contributed by atoms with Gasteiger partial charge in [-0.2, -0.15) is 0 Å². The number of aromatic nitrogens is 1. The van der Waals surface area contributed by atoms with Crippen molar-refractivity contribution in [3.8, 4) is 0 Å². The first-order valence-electron chi connectivity index (χ1n) is 6.21. The van der Waals surface area contributed by atoms with Crippen LogP contribution in [0.1, 0.15) is 39.2 Å². The Labute approximate surface area is 110 Å². The van der Waals surface area contributed by atoms with Crippen LogP contribution in [0.5, 0.6) is 0 Å². The standard InChI is InChI=1S/C14H23ClN2/c1-14(2,3)13(16-4)7-5-6-11-8-9-17-10-12(11)15/h8-10,13,16H,5-7H2,1-4H3. The molecule has 1 aromatic heterocycles. The smallest absolute Gasteiger partial charge is 0.0621 e. The lowest BCUT2D eigenvalue weighted by Gasteiger charge is -2.30. The van der Waals surface area contributed by atoms with E-state index in [1.165, 1.54) is 12.0 Å². The molecule has 0 radical (unpaired) electrons. The minimum atomic E-state index is 0.302. The van der Waals surface area contributed by atoms with E-state index in [9.17, 15) is 0 Å². The second-order valence-corrected chi connectivity index (χ2v) is 5.97. The highest BCUT2D eigenvalue weighted by Crippen LogP contribution is 2.24. The van der Waals surface area contributed by atoms with Gasteiger partial charge in [0, 0.05) is 18.4 Å². The molecule has 0 bridgehead atoms. The van der Waals surface area contributed by atoms with Crippen molar-refractivity contribution in [3.63, 3.8) is 0 Å². The van der Waals surface area contributed by atoms with E-state index in [4.69, 9.17) is 11.6 Å². The summed E-state index contributed by atoms with van der Waals surface area (Å²) in [6, 6.07) is 2.55. The van der Waals surface area contributed by atoms with Crippen molar-refractivity contribution in [3.05, 3.63) is 29.0 Å². The summed E-state index contributed by atoms with van der Waals surface area (Å²) in [7, 11) is 2.04. The quantitative estimate of drug-likeness (QED) is 0.867. The molecule has 0 aromatic carbocycles. The van der Waals surface area contributed by atoms with Crippen LogP contribution in [-0.4, -0.2) is 18.1 Å². The molecule has 1 rings (SSSR count). The Hall–Kier alpha value is -0.600. The fourth-order valence-electron chi connectivity index (χ4n) is 2.11. The molecule has 0 fully saturated rings. The van der Waals surface area contributed by atoms with Gasteiger partial charge in [-0.1, -0.05) is 32.4 Å². The first kappa shape index (κ1) is 14.5. The zero-order valence-electron chi connectivity index (χ0n) is 11.3. The van der Waals surface area contributed by atoms with Crippen LogP contribution in [0, 0.1) is 5.41 Å². The van der Waals surface area contributed by atoms with Gasteiger partial charge in [0.15, 0.2) is 0 Å². The number of hydrogen-bond acceptors (Lipinski definition) is 2. The molecule has 1 unspecified atom stereocenters. The molecule has 0 aliphatic carbocycles. The van der Waals surface area contributed by atoms with E-state index in [1.54, 1.807) is 12.4 Å². The maximum Gasteiger partial charge on any atom is 0.0621 e. The average molecular weight is 255 g/mol. The van der Waals surface area contributed by atoms with Gasteiger partial charge in [-0.15, -0.1) is 0 Å². The lowest BCUT2D eigenvalue weighted by atomic mass is 9.83. The minimum absolute atomic E-state index is 0.302. The van der Waals surface area contributed by atoms with Gasteiger partial charge < -0.3 is 5.32 Å². The van der Waals surface area contributed by atoms with E-state index in [-0.39, 0.29) is 0 Å². The van der Waals surface area contributed by atoms with Crippen LogP contribution >= 0.6 is 11.6 Å². The maximum absolute atomic E-state index is 6.09. The summed E-state index contributed by atoms with van der Waals surface area (Å²) in [4.78, 5) is 4.00. The molecule has 0 aliphatic rings. The van der Waals surface area contributed by atoms with Crippen LogP contribution in [-0.2, 0) is 6.42 Å². The number of pyridine rings is 1. The SMILES string of the molecule is CNC(CCCc1ccncc1Cl)C(C)(C)C. The summed E-state index contributed by atoms with van der Waals surface area (Å²) in [5, 5.41) is 4.18. The fourth-order valence-corrected chi connectivity index (χ4v) is 2.33. The van der Waals surface area contributed by atoms with Crippen molar-refractivity contribution in [2.75, 3.05) is 7.05 Å². The third-order valence-electron chi connectivity index (χ3n) is 3.19. The number of aryl methyl sites for hydroxylation is 1. The number of halogens is 1. The molecule has 0 saturated heterocycles. The van der Waals surface area contributed by atoms with E-state index >= 15 is 0 Å². The first-order chi connectivity index (χ1) is 7.95. The normalized spacial score (nSPS) is 13.7. The van der Waals surface area contributed by atoms with Gasteiger partial charge in [0.05, 0.1) is 5.02 Å². The van der Waals surface area contributed by atoms with Crippen LogP contribution in [0.2, 0.25) is 5.02 Å². The monoisotopic (exact) mass is 254 g/mol. The molecule has 1 atom stereocenters. The molecule has 0 spiro atoms. The number of rotatable bonds is 5. The molecule has 1 heterocycles. The van der Waals surface area contributed by atoms with Crippen molar-refractivity contribution >= 4 is 11.6 Å². The van der Waals surface area contributed by atoms with E-state index in [0.29, 0.717) is 11.5 Å². The molecule has 0 saturated carbocycles. The molecule has 3 heteroatoms. The topological polar surface area (TPSA) is 24.9 Å². The summed E-state index contributed by atoms with van der Waals surface area (Å²) in [5.74, 6) is 0. The summed E-state index contributed by atoms with van der Waals surface area (Å²) in [6.07, 6.45) is 6.86. The second kappa shape index (κ2) is 6.36. The van der Waals surface area contributed by atoms with E-state index in [1.807, 2.05) is 13.1 Å². The van der Waals surface area contributed by atoms with Gasteiger partial charge in [0.25, 0.3) is 0 Å². The third-order valence-corrected chi connectivity index (χ3v) is 3.53. The Bertz CT molecular complexity index is 344. The van der Waals surface area contributed by atoms with Crippen LogP contribution in [0.4, 0.5) is 0 Å². The highest BCUT2D eigenvalue weighted by Gasteiger charge is 2.22. The summed E-state index contributed by atoms with van der Waals surface area (Å²) in [5.41, 5.74) is 1.50. The van der Waals surface area contributed by atoms with Crippen LogP contribution in [0.25, 0.3) is 0 Å². The predicted octanol–water partition coefficient (Wildman–Crippen LogP) is 3.69. The minimum Gasteiger partial charge on any atom is -0.316 e. The van der Waals surface area contributed by atoms with Gasteiger partial charge >= 0.3 is 0 Å². The van der Waals surface area contributed by atoms with Crippen LogP contribution in [0.15, 0.2) is 18.5 Å². The molecule has 2 nitrogen and oxygen atoms in total. The number of nitrogens with zero attached hydrogens (tertiary/aromatic N) is 1. The van der Waals surface area contributed by atoms with Crippen molar-refractivity contribution in [2.45, 2.75) is 46.1 Å². The molecule has 0 aliphatic heterocycles. The van der Waals surface area contributed by atoms with Gasteiger partial charge in [-0.3, -0.25) is 4.98 Å². The lowest BCUT2D eigenvalue weighted by molar-refractivity contribution is 0.263. The van der Waals surface area contributed by atoms with Gasteiger partial charge in [0.1, 0.15) is 0 Å².